The Hall–Kier alpha value is -2.76. The molecule has 0 bridgehead atoms. The molecule has 0 amide bonds. The predicted molar refractivity (Wildman–Crippen MR) is 129 cm³/mol. The number of oxazole rings is 1. The lowest BCUT2D eigenvalue weighted by atomic mass is 9.73. The fourth-order valence-electron chi connectivity index (χ4n) is 4.91. The van der Waals surface area contributed by atoms with Crippen LogP contribution in [0.3, 0.4) is 0 Å². The molecule has 0 aliphatic heterocycles. The molecule has 33 heavy (non-hydrogen) atoms. The third-order valence-electron chi connectivity index (χ3n) is 6.82. The molecule has 0 saturated heterocycles. The molecule has 1 N–H and O–H groups in total. The molecule has 0 radical (unpaired) electrons. The zero-order valence-electron chi connectivity index (χ0n) is 19.5. The minimum atomic E-state index is -1.19. The Kier molecular flexibility index (Phi) is 7.73. The summed E-state index contributed by atoms with van der Waals surface area (Å²) >= 11 is 0. The number of likely N-dealkylation sites (N-methyl/N-ethyl adjacent to an activating group) is 1. The molecule has 1 heterocycles. The van der Waals surface area contributed by atoms with Crippen molar-refractivity contribution in [3.8, 4) is 0 Å². The minimum Gasteiger partial charge on any atom is -0.442 e. The van der Waals surface area contributed by atoms with E-state index in [-0.39, 0.29) is 5.92 Å². The van der Waals surface area contributed by atoms with Gasteiger partial charge in [0, 0.05) is 31.8 Å². The number of benzene rings is 2. The molecule has 1 fully saturated rings. The summed E-state index contributed by atoms with van der Waals surface area (Å²) in [6, 6.07) is 18.0. The third kappa shape index (κ3) is 5.60. The second-order valence-electron chi connectivity index (χ2n) is 9.27. The summed E-state index contributed by atoms with van der Waals surface area (Å²) in [4.78, 5) is 17.5. The molecule has 1 saturated carbocycles. The van der Waals surface area contributed by atoms with Gasteiger partial charge >= 0.3 is 0 Å². The first-order valence-electron chi connectivity index (χ1n) is 12.0. The minimum absolute atomic E-state index is 0.116. The van der Waals surface area contributed by atoms with Crippen molar-refractivity contribution in [1.82, 2.24) is 9.88 Å². The Bertz CT molecular complexity index is 1010. The number of aldehydes is 1. The van der Waals surface area contributed by atoms with Crippen LogP contribution in [0.1, 0.15) is 60.4 Å². The number of rotatable bonds is 10. The Morgan fingerprint density at radius 1 is 1.06 bits per heavy atom. The molecule has 1 aliphatic rings. The van der Waals surface area contributed by atoms with Crippen LogP contribution < -0.4 is 0 Å². The lowest BCUT2D eigenvalue weighted by Crippen LogP contribution is -2.38. The average molecular weight is 447 g/mol. The summed E-state index contributed by atoms with van der Waals surface area (Å²) in [7, 11) is 2.08. The monoisotopic (exact) mass is 446 g/mol. The average Bonchev–Trinajstić information content (AvgIpc) is 3.34. The van der Waals surface area contributed by atoms with E-state index >= 15 is 0 Å². The van der Waals surface area contributed by atoms with Crippen molar-refractivity contribution in [2.24, 2.45) is 5.92 Å². The zero-order valence-corrected chi connectivity index (χ0v) is 19.5. The Morgan fingerprint density at radius 2 is 1.76 bits per heavy atom. The molecule has 2 aromatic carbocycles. The van der Waals surface area contributed by atoms with E-state index in [1.165, 1.54) is 12.0 Å². The van der Waals surface area contributed by atoms with Crippen molar-refractivity contribution in [3.05, 3.63) is 89.1 Å². The van der Waals surface area contributed by atoms with Crippen LogP contribution in [0.2, 0.25) is 0 Å². The van der Waals surface area contributed by atoms with Gasteiger partial charge in [0.05, 0.1) is 6.20 Å². The van der Waals surface area contributed by atoms with Crippen LogP contribution in [0.5, 0.6) is 0 Å². The van der Waals surface area contributed by atoms with Crippen molar-refractivity contribution < 1.29 is 14.3 Å². The molecule has 1 aromatic heterocycles. The van der Waals surface area contributed by atoms with Crippen LogP contribution in [-0.4, -0.2) is 34.9 Å². The van der Waals surface area contributed by atoms with Gasteiger partial charge in [-0.2, -0.15) is 0 Å². The topological polar surface area (TPSA) is 66.6 Å². The number of carbonyl (C=O) groups is 1. The maximum absolute atomic E-state index is 11.9. The number of hydrogen-bond acceptors (Lipinski definition) is 5. The fourth-order valence-corrected chi connectivity index (χ4v) is 4.91. The van der Waals surface area contributed by atoms with Crippen LogP contribution in [0.15, 0.2) is 65.2 Å². The number of nitrogens with zero attached hydrogens (tertiary/aromatic N) is 2. The Morgan fingerprint density at radius 3 is 2.45 bits per heavy atom. The van der Waals surface area contributed by atoms with E-state index in [0.29, 0.717) is 12.3 Å². The molecule has 1 aliphatic carbocycles. The van der Waals surface area contributed by atoms with Gasteiger partial charge < -0.3 is 19.2 Å². The lowest BCUT2D eigenvalue weighted by molar-refractivity contribution is -0.107. The van der Waals surface area contributed by atoms with E-state index in [2.05, 4.69) is 29.1 Å². The highest BCUT2D eigenvalue weighted by Crippen LogP contribution is 2.43. The maximum Gasteiger partial charge on any atom is 0.231 e. The lowest BCUT2D eigenvalue weighted by Gasteiger charge is -2.36. The first-order chi connectivity index (χ1) is 16.1. The van der Waals surface area contributed by atoms with E-state index in [1.54, 1.807) is 6.20 Å². The van der Waals surface area contributed by atoms with E-state index < -0.39 is 5.60 Å². The van der Waals surface area contributed by atoms with Crippen LogP contribution >= 0.6 is 0 Å². The largest absolute Gasteiger partial charge is 0.442 e. The van der Waals surface area contributed by atoms with E-state index in [4.69, 9.17) is 4.42 Å². The van der Waals surface area contributed by atoms with Crippen molar-refractivity contribution in [2.75, 3.05) is 13.6 Å². The van der Waals surface area contributed by atoms with Crippen LogP contribution in [-0.2, 0) is 29.8 Å². The number of aromatic nitrogens is 1. The number of carbonyl (C=O) groups excluding carboxylic acids is 1. The summed E-state index contributed by atoms with van der Waals surface area (Å²) < 4.78 is 6.18. The van der Waals surface area contributed by atoms with Gasteiger partial charge in [-0.15, -0.1) is 0 Å². The van der Waals surface area contributed by atoms with Gasteiger partial charge in [0.1, 0.15) is 12.0 Å². The van der Waals surface area contributed by atoms with Crippen LogP contribution in [0, 0.1) is 5.92 Å². The highest BCUT2D eigenvalue weighted by Gasteiger charge is 2.44. The fraction of sp³-hybridized carbons (Fsp3) is 0.429. The molecule has 3 aromatic rings. The van der Waals surface area contributed by atoms with Crippen molar-refractivity contribution in [2.45, 2.75) is 57.1 Å². The van der Waals surface area contributed by atoms with Crippen molar-refractivity contribution in [3.63, 3.8) is 0 Å². The van der Waals surface area contributed by atoms with Crippen LogP contribution in [0.25, 0.3) is 0 Å². The highest BCUT2D eigenvalue weighted by atomic mass is 16.4. The van der Waals surface area contributed by atoms with E-state index in [9.17, 15) is 9.90 Å². The molecular weight excluding hydrogens is 412 g/mol. The molecule has 5 nitrogen and oxygen atoms in total. The molecule has 174 valence electrons. The van der Waals surface area contributed by atoms with Crippen molar-refractivity contribution in [1.29, 1.82) is 0 Å². The SMILES string of the molecule is CN(CCc1cnc(C(O)(c2ccccc2)C2CCCCC2)o1)Cc1ccc(CC=O)cc1. The van der Waals surface area contributed by atoms with Gasteiger partial charge in [-0.05, 0) is 36.6 Å². The number of hydrogen-bond donors (Lipinski definition) is 1. The molecular formula is C28H34N2O3. The Labute approximate surface area is 196 Å². The number of aliphatic hydroxyl groups is 1. The molecule has 5 heteroatoms. The normalized spacial score (nSPS) is 16.6. The second kappa shape index (κ2) is 10.9. The molecule has 1 atom stereocenters. The summed E-state index contributed by atoms with van der Waals surface area (Å²) in [6.45, 7) is 1.64. The predicted octanol–water partition coefficient (Wildman–Crippen LogP) is 4.91. The van der Waals surface area contributed by atoms with Crippen molar-refractivity contribution >= 4 is 6.29 Å². The van der Waals surface area contributed by atoms with Gasteiger partial charge in [0.25, 0.3) is 0 Å². The zero-order chi connectivity index (χ0) is 23.1. The summed E-state index contributed by atoms with van der Waals surface area (Å²) in [5.41, 5.74) is 1.92. The second-order valence-corrected chi connectivity index (χ2v) is 9.27. The van der Waals surface area contributed by atoms with Gasteiger partial charge in [0.15, 0.2) is 5.60 Å². The summed E-state index contributed by atoms with van der Waals surface area (Å²) in [5.74, 6) is 1.33. The standard InChI is InChI=1S/C28H34N2O3/c1-30(21-23-14-12-22(13-15-23)17-19-31)18-16-26-20-29-27(33-26)28(32,24-8-4-2-5-9-24)25-10-6-3-7-11-25/h2,4-5,8-9,12-15,19-20,25,32H,3,6-7,10-11,16-18,21H2,1H3. The van der Waals surface area contributed by atoms with Crippen LogP contribution in [0.4, 0.5) is 0 Å². The van der Waals surface area contributed by atoms with Gasteiger partial charge in [-0.25, -0.2) is 4.98 Å². The van der Waals surface area contributed by atoms with Gasteiger partial charge in [-0.1, -0.05) is 73.9 Å². The quantitative estimate of drug-likeness (QED) is 0.449. The Balaban J connectivity index is 1.42. The summed E-state index contributed by atoms with van der Waals surface area (Å²) in [6.07, 6.45) is 9.35. The first-order valence-corrected chi connectivity index (χ1v) is 12.0. The third-order valence-corrected chi connectivity index (χ3v) is 6.82. The first kappa shape index (κ1) is 23.4. The maximum atomic E-state index is 11.9. The van der Waals surface area contributed by atoms with Gasteiger partial charge in [0.2, 0.25) is 5.89 Å². The molecule has 4 rings (SSSR count). The molecule has 1 unspecified atom stereocenters. The summed E-state index contributed by atoms with van der Waals surface area (Å²) in [5, 5.41) is 11.9. The van der Waals surface area contributed by atoms with Gasteiger partial charge in [-0.3, -0.25) is 0 Å². The van der Waals surface area contributed by atoms with E-state index in [0.717, 1.165) is 68.4 Å². The highest BCUT2D eigenvalue weighted by molar-refractivity contribution is 5.54. The molecule has 0 spiro atoms. The smallest absolute Gasteiger partial charge is 0.231 e. The van der Waals surface area contributed by atoms with E-state index in [1.807, 2.05) is 42.5 Å².